The highest BCUT2D eigenvalue weighted by atomic mass is 35.5. The van der Waals surface area contributed by atoms with Crippen LogP contribution in [0.2, 0.25) is 0 Å². The molecule has 0 fully saturated rings. The molecule has 0 aliphatic heterocycles. The number of aromatic amines is 1. The van der Waals surface area contributed by atoms with Crippen molar-refractivity contribution in [1.29, 1.82) is 0 Å². The van der Waals surface area contributed by atoms with Gasteiger partial charge in [0.05, 0.1) is 23.3 Å². The number of nitrogens with one attached hydrogen (secondary N) is 1. The summed E-state index contributed by atoms with van der Waals surface area (Å²) in [6, 6.07) is 11.2. The minimum absolute atomic E-state index is 0.248. The number of ether oxygens (including phenoxy) is 1. The van der Waals surface area contributed by atoms with Crippen molar-refractivity contribution in [2.24, 2.45) is 0 Å². The lowest BCUT2D eigenvalue weighted by molar-refractivity contribution is 0.317. The first-order valence-electron chi connectivity index (χ1n) is 8.81. The Morgan fingerprint density at radius 2 is 2.14 bits per heavy atom. The molecule has 7 heteroatoms. The summed E-state index contributed by atoms with van der Waals surface area (Å²) in [5, 5.41) is 2.72. The summed E-state index contributed by atoms with van der Waals surface area (Å²) in [6.07, 6.45) is 4.29. The number of aromatic nitrogens is 2. The van der Waals surface area contributed by atoms with E-state index in [1.54, 1.807) is 18.4 Å². The van der Waals surface area contributed by atoms with Crippen molar-refractivity contribution < 1.29 is 9.15 Å². The van der Waals surface area contributed by atoms with Crippen molar-refractivity contribution in [2.75, 3.05) is 6.61 Å². The highest BCUT2D eigenvalue weighted by Crippen LogP contribution is 2.32. The molecule has 0 unspecified atom stereocenters. The predicted molar refractivity (Wildman–Crippen MR) is 114 cm³/mol. The number of hydrogen-bond acceptors (Lipinski definition) is 5. The van der Waals surface area contributed by atoms with Gasteiger partial charge in [-0.25, -0.2) is 4.98 Å². The third kappa shape index (κ3) is 3.74. The highest BCUT2D eigenvalue weighted by molar-refractivity contribution is 7.17. The van der Waals surface area contributed by atoms with Gasteiger partial charge in [-0.05, 0) is 42.3 Å². The summed E-state index contributed by atoms with van der Waals surface area (Å²) in [6.45, 7) is 2.74. The molecule has 0 aliphatic rings. The van der Waals surface area contributed by atoms with Gasteiger partial charge >= 0.3 is 0 Å². The number of thiophene rings is 1. The Bertz CT molecular complexity index is 1170. The van der Waals surface area contributed by atoms with Crippen LogP contribution in [0.3, 0.4) is 0 Å². The molecule has 3 heterocycles. The van der Waals surface area contributed by atoms with Gasteiger partial charge in [0, 0.05) is 10.9 Å². The maximum atomic E-state index is 12.6. The second-order valence-corrected chi connectivity index (χ2v) is 7.40. The van der Waals surface area contributed by atoms with Gasteiger partial charge in [-0.1, -0.05) is 30.7 Å². The normalized spacial score (nSPS) is 11.9. The molecule has 5 nitrogen and oxygen atoms in total. The first kappa shape index (κ1) is 18.5. The number of rotatable bonds is 6. The molecule has 1 aromatic carbocycles. The lowest BCUT2D eigenvalue weighted by Gasteiger charge is -2.05. The van der Waals surface area contributed by atoms with Gasteiger partial charge in [0.1, 0.15) is 16.3 Å². The van der Waals surface area contributed by atoms with Crippen LogP contribution in [-0.4, -0.2) is 16.6 Å². The zero-order valence-electron chi connectivity index (χ0n) is 15.1. The number of fused-ring (bicyclic) bond motifs is 1. The number of benzene rings is 1. The van der Waals surface area contributed by atoms with Gasteiger partial charge in [-0.2, -0.15) is 0 Å². The highest BCUT2D eigenvalue weighted by Gasteiger charge is 2.15. The molecule has 3 aromatic heterocycles. The first-order chi connectivity index (χ1) is 13.7. The fourth-order valence-electron chi connectivity index (χ4n) is 2.77. The van der Waals surface area contributed by atoms with Crippen LogP contribution in [0.1, 0.15) is 24.7 Å². The zero-order valence-corrected chi connectivity index (χ0v) is 16.6. The van der Waals surface area contributed by atoms with Crippen LogP contribution in [-0.2, 0) is 0 Å². The van der Waals surface area contributed by atoms with Gasteiger partial charge in [-0.15, -0.1) is 11.3 Å². The van der Waals surface area contributed by atoms with Crippen molar-refractivity contribution in [1.82, 2.24) is 9.97 Å². The van der Waals surface area contributed by atoms with E-state index in [9.17, 15) is 4.79 Å². The summed E-state index contributed by atoms with van der Waals surface area (Å²) in [5.74, 6) is 1.78. The Balaban J connectivity index is 1.65. The molecule has 0 bridgehead atoms. The van der Waals surface area contributed by atoms with Crippen LogP contribution in [0.15, 0.2) is 57.3 Å². The molecular formula is C21H17ClN2O3S. The molecule has 0 atom stereocenters. The summed E-state index contributed by atoms with van der Waals surface area (Å²) in [7, 11) is 0. The Hall–Kier alpha value is -2.83. The molecule has 0 saturated carbocycles. The van der Waals surface area contributed by atoms with E-state index in [0.29, 0.717) is 33.4 Å². The van der Waals surface area contributed by atoms with E-state index in [1.807, 2.05) is 35.7 Å². The molecule has 4 rings (SSSR count). The van der Waals surface area contributed by atoms with Gasteiger partial charge in [0.25, 0.3) is 5.56 Å². The van der Waals surface area contributed by atoms with Crippen LogP contribution in [0.25, 0.3) is 32.6 Å². The Morgan fingerprint density at radius 3 is 2.86 bits per heavy atom. The molecule has 0 radical (unpaired) electrons. The molecule has 0 aliphatic carbocycles. The van der Waals surface area contributed by atoms with Crippen molar-refractivity contribution in [3.63, 3.8) is 0 Å². The van der Waals surface area contributed by atoms with Crippen molar-refractivity contribution in [3.05, 3.63) is 69.8 Å². The summed E-state index contributed by atoms with van der Waals surface area (Å²) >= 11 is 7.81. The second-order valence-electron chi connectivity index (χ2n) is 6.13. The predicted octanol–water partition coefficient (Wildman–Crippen LogP) is 5.77. The van der Waals surface area contributed by atoms with Crippen LogP contribution in [0, 0.1) is 0 Å². The SMILES string of the molecule is CCCOc1ccc(/C=C(\Cl)c2nc3scc(-c4ccco4)c3c(=O)[nH]2)cc1. The monoisotopic (exact) mass is 412 g/mol. The fraction of sp³-hybridized carbons (Fsp3) is 0.143. The van der Waals surface area contributed by atoms with Crippen LogP contribution in [0.4, 0.5) is 0 Å². The van der Waals surface area contributed by atoms with E-state index in [2.05, 4.69) is 16.9 Å². The van der Waals surface area contributed by atoms with Crippen molar-refractivity contribution in [3.8, 4) is 17.1 Å². The average Bonchev–Trinajstić information content (AvgIpc) is 3.37. The minimum atomic E-state index is -0.248. The van der Waals surface area contributed by atoms with Gasteiger partial charge in [0.2, 0.25) is 0 Å². The van der Waals surface area contributed by atoms with E-state index < -0.39 is 0 Å². The topological polar surface area (TPSA) is 68.1 Å². The quantitative estimate of drug-likeness (QED) is 0.436. The largest absolute Gasteiger partial charge is 0.494 e. The van der Waals surface area contributed by atoms with E-state index in [4.69, 9.17) is 20.8 Å². The Labute approximate surface area is 170 Å². The standard InChI is InChI=1S/C21H17ClN2O3S/c1-2-9-26-14-7-5-13(6-8-14)11-16(22)19-23-20(25)18-15(12-28-21(18)24-19)17-4-3-10-27-17/h3-8,10-12H,2,9H2,1H3,(H,23,24,25)/b16-11-. The lowest BCUT2D eigenvalue weighted by atomic mass is 10.2. The molecule has 1 N–H and O–H groups in total. The fourth-order valence-corrected chi connectivity index (χ4v) is 3.91. The van der Waals surface area contributed by atoms with E-state index >= 15 is 0 Å². The molecular weight excluding hydrogens is 396 g/mol. The molecule has 0 amide bonds. The smallest absolute Gasteiger partial charge is 0.260 e. The summed E-state index contributed by atoms with van der Waals surface area (Å²) in [5.41, 5.74) is 1.37. The number of nitrogens with zero attached hydrogens (tertiary/aromatic N) is 1. The van der Waals surface area contributed by atoms with Crippen molar-refractivity contribution in [2.45, 2.75) is 13.3 Å². The van der Waals surface area contributed by atoms with Gasteiger partial charge < -0.3 is 14.1 Å². The molecule has 28 heavy (non-hydrogen) atoms. The average molecular weight is 413 g/mol. The number of halogens is 1. The number of furan rings is 1. The van der Waals surface area contributed by atoms with E-state index in [1.165, 1.54) is 11.3 Å². The number of hydrogen-bond donors (Lipinski definition) is 1. The van der Waals surface area contributed by atoms with Crippen LogP contribution < -0.4 is 10.3 Å². The lowest BCUT2D eigenvalue weighted by Crippen LogP contribution is -2.10. The maximum Gasteiger partial charge on any atom is 0.260 e. The third-order valence-corrected chi connectivity index (χ3v) is 5.26. The summed E-state index contributed by atoms with van der Waals surface area (Å²) < 4.78 is 11.0. The Morgan fingerprint density at radius 1 is 1.32 bits per heavy atom. The van der Waals surface area contributed by atoms with Crippen LogP contribution in [0.5, 0.6) is 5.75 Å². The number of H-pyrrole nitrogens is 1. The summed E-state index contributed by atoms with van der Waals surface area (Å²) in [4.78, 5) is 20.5. The maximum absolute atomic E-state index is 12.6. The molecule has 0 spiro atoms. The van der Waals surface area contributed by atoms with E-state index in [-0.39, 0.29) is 5.56 Å². The minimum Gasteiger partial charge on any atom is -0.494 e. The van der Waals surface area contributed by atoms with Gasteiger partial charge in [-0.3, -0.25) is 4.79 Å². The molecule has 142 valence electrons. The zero-order chi connectivity index (χ0) is 19.5. The van der Waals surface area contributed by atoms with Gasteiger partial charge in [0.15, 0.2) is 5.82 Å². The third-order valence-electron chi connectivity index (χ3n) is 4.10. The second kappa shape index (κ2) is 8.04. The Kier molecular flexibility index (Phi) is 5.32. The molecule has 4 aromatic rings. The first-order valence-corrected chi connectivity index (χ1v) is 10.1. The molecule has 0 saturated heterocycles. The van der Waals surface area contributed by atoms with Crippen molar-refractivity contribution >= 4 is 44.3 Å². The van der Waals surface area contributed by atoms with Crippen LogP contribution >= 0.6 is 22.9 Å². The van der Waals surface area contributed by atoms with E-state index in [0.717, 1.165) is 23.3 Å².